The van der Waals surface area contributed by atoms with Crippen LogP contribution in [0, 0.1) is 31.6 Å². The minimum absolute atomic E-state index is 0.0146. The van der Waals surface area contributed by atoms with Gasteiger partial charge in [0.1, 0.15) is 28.8 Å². The third kappa shape index (κ3) is 5.03. The lowest BCUT2D eigenvalue weighted by atomic mass is 9.63. The summed E-state index contributed by atoms with van der Waals surface area (Å²) in [6, 6.07) is 7.07. The first-order valence-corrected chi connectivity index (χ1v) is 17.1. The highest BCUT2D eigenvalue weighted by Gasteiger charge is 2.64. The summed E-state index contributed by atoms with van der Waals surface area (Å²) in [5, 5.41) is 8.52. The zero-order valence-corrected chi connectivity index (χ0v) is 28.6. The Labute approximate surface area is 281 Å². The van der Waals surface area contributed by atoms with Crippen LogP contribution in [0.5, 0.6) is 0 Å². The normalized spacial score (nSPS) is 23.8. The Bertz CT molecular complexity index is 1980. The van der Waals surface area contributed by atoms with Crippen molar-refractivity contribution in [3.05, 3.63) is 63.9 Å². The van der Waals surface area contributed by atoms with Crippen molar-refractivity contribution in [1.82, 2.24) is 34.5 Å². The number of carbonyl (C=O) groups is 3. The number of piperidine rings is 1. The van der Waals surface area contributed by atoms with Gasteiger partial charge in [0, 0.05) is 47.9 Å². The number of pyridine rings is 1. The van der Waals surface area contributed by atoms with Gasteiger partial charge in [-0.25, -0.2) is 15.0 Å². The SMILES string of the molecule is Cc1ncc(-c2cc(C)c3c(c2)c(C(=O)N2CC4(CCC4)C2)nn3CC(=O)N2[C@H](C(=O)Nc3nc(Br)ccc3C)C[C@@]3(C)C[C@@H]23)cn1. The Kier molecular flexibility index (Phi) is 6.84. The Morgan fingerprint density at radius 1 is 1.00 bits per heavy atom. The van der Waals surface area contributed by atoms with Gasteiger partial charge in [-0.15, -0.1) is 0 Å². The van der Waals surface area contributed by atoms with Crippen LogP contribution in [-0.2, 0) is 16.1 Å². The van der Waals surface area contributed by atoms with E-state index in [1.54, 1.807) is 22.0 Å². The van der Waals surface area contributed by atoms with Gasteiger partial charge in [0.25, 0.3) is 5.91 Å². The minimum atomic E-state index is -0.622. The summed E-state index contributed by atoms with van der Waals surface area (Å²) >= 11 is 3.38. The van der Waals surface area contributed by atoms with E-state index in [-0.39, 0.29) is 41.1 Å². The third-order valence-corrected chi connectivity index (χ3v) is 11.4. The maximum Gasteiger partial charge on any atom is 0.275 e. The van der Waals surface area contributed by atoms with Crippen LogP contribution in [0.4, 0.5) is 5.82 Å². The van der Waals surface area contributed by atoms with Gasteiger partial charge in [0.05, 0.1) is 5.52 Å². The highest BCUT2D eigenvalue weighted by atomic mass is 79.9. The van der Waals surface area contributed by atoms with Gasteiger partial charge in [0.15, 0.2) is 5.69 Å². The van der Waals surface area contributed by atoms with E-state index in [1.807, 2.05) is 49.9 Å². The first-order valence-electron chi connectivity index (χ1n) is 16.3. The molecule has 2 aliphatic carbocycles. The molecule has 2 saturated carbocycles. The lowest BCUT2D eigenvalue weighted by molar-refractivity contribution is -0.138. The van der Waals surface area contributed by atoms with E-state index in [0.717, 1.165) is 47.3 Å². The molecule has 2 aliphatic heterocycles. The molecule has 4 aliphatic rings. The molecule has 8 rings (SSSR count). The summed E-state index contributed by atoms with van der Waals surface area (Å²) in [6.07, 6.45) is 8.56. The highest BCUT2D eigenvalue weighted by molar-refractivity contribution is 9.10. The summed E-state index contributed by atoms with van der Waals surface area (Å²) < 4.78 is 2.29. The van der Waals surface area contributed by atoms with Crippen LogP contribution in [-0.4, -0.2) is 77.4 Å². The van der Waals surface area contributed by atoms with Crippen molar-refractivity contribution in [3.63, 3.8) is 0 Å². The topological polar surface area (TPSA) is 126 Å². The molecule has 2 saturated heterocycles. The van der Waals surface area contributed by atoms with Crippen molar-refractivity contribution >= 4 is 50.4 Å². The van der Waals surface area contributed by atoms with Crippen molar-refractivity contribution in [2.75, 3.05) is 18.4 Å². The monoisotopic (exact) mass is 696 g/mol. The van der Waals surface area contributed by atoms with E-state index >= 15 is 0 Å². The maximum absolute atomic E-state index is 14.2. The number of carbonyl (C=O) groups excluding carboxylic acids is 3. The molecule has 3 atom stereocenters. The number of hydrogen-bond donors (Lipinski definition) is 1. The smallest absolute Gasteiger partial charge is 0.275 e. The van der Waals surface area contributed by atoms with Gasteiger partial charge in [0.2, 0.25) is 11.8 Å². The molecular formula is C35H37BrN8O3. The number of halogens is 1. The third-order valence-electron chi connectivity index (χ3n) is 10.9. The van der Waals surface area contributed by atoms with Gasteiger partial charge in [-0.3, -0.25) is 19.1 Å². The van der Waals surface area contributed by atoms with Crippen LogP contribution >= 0.6 is 15.9 Å². The molecule has 0 unspecified atom stereocenters. The number of rotatable bonds is 6. The standard InChI is InChI=1S/C35H37BrN8O3/c1-19-6-7-27(36)39-31(19)40-32(46)25-12-34(4)13-26(34)44(25)28(45)16-43-30-20(2)10-22(23-14-37-21(3)38-15-23)11-24(30)29(41-43)33(47)42-17-35(18-42)8-5-9-35/h6-7,10-11,14-15,25-26H,5,8-9,12-13,16-18H2,1-4H3,(H,39,40,46)/t25-,26+,34-/m0/s1. The molecule has 4 aromatic rings. The summed E-state index contributed by atoms with van der Waals surface area (Å²) in [7, 11) is 0. The van der Waals surface area contributed by atoms with Crippen LogP contribution in [0.25, 0.3) is 22.0 Å². The predicted octanol–water partition coefficient (Wildman–Crippen LogP) is 5.22. The Hall–Kier alpha value is -4.19. The number of benzene rings is 1. The summed E-state index contributed by atoms with van der Waals surface area (Å²) in [6.45, 7) is 9.26. The Balaban J connectivity index is 1.12. The van der Waals surface area contributed by atoms with E-state index in [0.29, 0.717) is 33.7 Å². The second kappa shape index (κ2) is 10.7. The zero-order valence-electron chi connectivity index (χ0n) is 27.0. The van der Waals surface area contributed by atoms with Crippen molar-refractivity contribution in [1.29, 1.82) is 0 Å². The molecular weight excluding hydrogens is 660 g/mol. The zero-order chi connectivity index (χ0) is 32.8. The number of nitrogens with zero attached hydrogens (tertiary/aromatic N) is 7. The Morgan fingerprint density at radius 3 is 2.45 bits per heavy atom. The molecule has 11 nitrogen and oxygen atoms in total. The van der Waals surface area contributed by atoms with Gasteiger partial charge in [-0.05, 0) is 103 Å². The molecule has 242 valence electrons. The number of aryl methyl sites for hydroxylation is 3. The molecule has 47 heavy (non-hydrogen) atoms. The predicted molar refractivity (Wildman–Crippen MR) is 179 cm³/mol. The molecule has 5 heterocycles. The van der Waals surface area contributed by atoms with Gasteiger partial charge < -0.3 is 15.1 Å². The lowest BCUT2D eigenvalue weighted by Gasteiger charge is -2.55. The molecule has 0 bridgehead atoms. The number of fused-ring (bicyclic) bond motifs is 2. The summed E-state index contributed by atoms with van der Waals surface area (Å²) in [5.74, 6) is 0.612. The maximum atomic E-state index is 14.2. The molecule has 1 spiro atoms. The van der Waals surface area contributed by atoms with Crippen LogP contribution in [0.15, 0.2) is 41.3 Å². The highest BCUT2D eigenvalue weighted by Crippen LogP contribution is 2.59. The molecule has 1 aromatic carbocycles. The average molecular weight is 698 g/mol. The first kappa shape index (κ1) is 30.2. The second-order valence-electron chi connectivity index (χ2n) is 14.4. The van der Waals surface area contributed by atoms with Gasteiger partial charge in [-0.2, -0.15) is 5.10 Å². The second-order valence-corrected chi connectivity index (χ2v) is 15.2. The van der Waals surface area contributed by atoms with Crippen molar-refractivity contribution in [3.8, 4) is 11.1 Å². The largest absolute Gasteiger partial charge is 0.336 e. The van der Waals surface area contributed by atoms with Crippen LogP contribution in [0.3, 0.4) is 0 Å². The number of hydrogen-bond acceptors (Lipinski definition) is 7. The van der Waals surface area contributed by atoms with E-state index in [4.69, 9.17) is 5.10 Å². The van der Waals surface area contributed by atoms with E-state index in [2.05, 4.69) is 43.1 Å². The van der Waals surface area contributed by atoms with E-state index in [9.17, 15) is 14.4 Å². The fourth-order valence-corrected chi connectivity index (χ4v) is 8.27. The van der Waals surface area contributed by atoms with Crippen molar-refractivity contribution in [2.45, 2.75) is 78.4 Å². The molecule has 4 fully saturated rings. The van der Waals surface area contributed by atoms with E-state index in [1.165, 1.54) is 19.3 Å². The fourth-order valence-electron chi connectivity index (χ4n) is 7.96. The molecule has 0 radical (unpaired) electrons. The lowest BCUT2D eigenvalue weighted by Crippen LogP contribution is -2.61. The number of nitrogens with one attached hydrogen (secondary N) is 1. The van der Waals surface area contributed by atoms with Gasteiger partial charge >= 0.3 is 0 Å². The number of aromatic nitrogens is 5. The van der Waals surface area contributed by atoms with Crippen molar-refractivity contribution in [2.24, 2.45) is 10.8 Å². The first-order chi connectivity index (χ1) is 22.4. The number of anilines is 1. The van der Waals surface area contributed by atoms with Gasteiger partial charge in [-0.1, -0.05) is 19.4 Å². The molecule has 1 N–H and O–H groups in total. The summed E-state index contributed by atoms with van der Waals surface area (Å²) in [5.41, 5.74) is 4.72. The minimum Gasteiger partial charge on any atom is -0.336 e. The number of likely N-dealkylation sites (tertiary alicyclic amines) is 2. The fraction of sp³-hybridized carbons (Fsp3) is 0.457. The average Bonchev–Trinajstić information content (AvgIpc) is 3.34. The summed E-state index contributed by atoms with van der Waals surface area (Å²) in [4.78, 5) is 58.7. The molecule has 3 amide bonds. The molecule has 12 heteroatoms. The quantitative estimate of drug-likeness (QED) is 0.274. The number of amides is 3. The Morgan fingerprint density at radius 2 is 1.74 bits per heavy atom. The van der Waals surface area contributed by atoms with Crippen LogP contribution in [0.1, 0.15) is 66.5 Å². The van der Waals surface area contributed by atoms with Crippen molar-refractivity contribution < 1.29 is 14.4 Å². The van der Waals surface area contributed by atoms with E-state index < -0.39 is 6.04 Å². The van der Waals surface area contributed by atoms with Crippen LogP contribution < -0.4 is 5.32 Å². The van der Waals surface area contributed by atoms with Crippen LogP contribution in [0.2, 0.25) is 0 Å². The molecule has 3 aromatic heterocycles.